The maximum absolute atomic E-state index is 6.69. The van der Waals surface area contributed by atoms with Crippen LogP contribution in [-0.4, -0.2) is 50.7 Å². The highest BCUT2D eigenvalue weighted by Gasteiger charge is 2.42. The molecule has 3 nitrogen and oxygen atoms in total. The summed E-state index contributed by atoms with van der Waals surface area (Å²) in [5.41, 5.74) is 0. The van der Waals surface area contributed by atoms with Crippen molar-refractivity contribution in [1.29, 1.82) is 0 Å². The Morgan fingerprint density at radius 2 is 0.925 bits per heavy atom. The maximum atomic E-state index is 6.69. The molecule has 0 bridgehead atoms. The van der Waals surface area contributed by atoms with Crippen molar-refractivity contribution in [3.63, 3.8) is 0 Å². The van der Waals surface area contributed by atoms with Gasteiger partial charge < -0.3 is 14.0 Å². The Balaban J connectivity index is 2.21. The summed E-state index contributed by atoms with van der Waals surface area (Å²) in [5, 5.41) is 0. The second-order valence-corrected chi connectivity index (χ2v) is 13.7. The number of rotatable bonds is 28. The number of unbranched alkanes of at least 4 members (excludes halogenated alkanes) is 18. The van der Waals surface area contributed by atoms with E-state index in [1.165, 1.54) is 141 Å². The van der Waals surface area contributed by atoms with E-state index in [0.29, 0.717) is 0 Å². The molecule has 1 rings (SSSR count). The summed E-state index contributed by atoms with van der Waals surface area (Å²) in [5.74, 6) is -0.315. The lowest BCUT2D eigenvalue weighted by Crippen LogP contribution is -2.43. The second kappa shape index (κ2) is 24.9. The van der Waals surface area contributed by atoms with E-state index in [9.17, 15) is 0 Å². The van der Waals surface area contributed by atoms with Gasteiger partial charge in [-0.15, -0.1) is 0 Å². The fraction of sp³-hybridized carbons (Fsp3) is 0.892. The van der Waals surface area contributed by atoms with Gasteiger partial charge in [-0.25, -0.2) is 0 Å². The molecule has 0 aromatic carbocycles. The third-order valence-corrected chi connectivity index (χ3v) is 8.30. The van der Waals surface area contributed by atoms with Crippen molar-refractivity contribution in [2.45, 2.75) is 180 Å². The lowest BCUT2D eigenvalue weighted by Gasteiger charge is -2.30. The van der Waals surface area contributed by atoms with E-state index in [0.717, 1.165) is 30.5 Å². The Morgan fingerprint density at radius 1 is 0.550 bits per heavy atom. The fourth-order valence-corrected chi connectivity index (χ4v) is 5.93. The van der Waals surface area contributed by atoms with Crippen LogP contribution in [0.15, 0.2) is 24.3 Å². The van der Waals surface area contributed by atoms with Gasteiger partial charge >= 0.3 is 0 Å². The number of quaternary nitrogens is 1. The van der Waals surface area contributed by atoms with Gasteiger partial charge in [-0.2, -0.15) is 0 Å². The van der Waals surface area contributed by atoms with E-state index in [1.807, 2.05) is 0 Å². The SMILES string of the molecule is CCCCC/C=C\CCCCCCCCC1(CCCCCCCC/C=C\CCCCC)OCC(C[N+](C)(C)C)O1. The molecule has 1 saturated heterocycles. The van der Waals surface area contributed by atoms with Gasteiger partial charge in [0.05, 0.1) is 27.7 Å². The third kappa shape index (κ3) is 22.0. The van der Waals surface area contributed by atoms with Crippen LogP contribution >= 0.6 is 0 Å². The fourth-order valence-electron chi connectivity index (χ4n) is 5.93. The van der Waals surface area contributed by atoms with Crippen LogP contribution in [0.1, 0.15) is 168 Å². The molecule has 0 radical (unpaired) electrons. The van der Waals surface area contributed by atoms with Crippen molar-refractivity contribution < 1.29 is 14.0 Å². The van der Waals surface area contributed by atoms with E-state index in [2.05, 4.69) is 59.3 Å². The van der Waals surface area contributed by atoms with Gasteiger partial charge in [0.1, 0.15) is 12.6 Å². The van der Waals surface area contributed by atoms with Crippen molar-refractivity contribution in [3.05, 3.63) is 24.3 Å². The largest absolute Gasteiger partial charge is 0.347 e. The quantitative estimate of drug-likeness (QED) is 0.0536. The number of hydrogen-bond donors (Lipinski definition) is 0. The van der Waals surface area contributed by atoms with Crippen LogP contribution in [0.4, 0.5) is 0 Å². The Labute approximate surface area is 252 Å². The minimum Gasteiger partial charge on any atom is -0.347 e. The van der Waals surface area contributed by atoms with Crippen LogP contribution < -0.4 is 0 Å². The number of allylic oxidation sites excluding steroid dienone is 4. The minimum atomic E-state index is -0.315. The van der Waals surface area contributed by atoms with Crippen LogP contribution in [-0.2, 0) is 9.47 Å². The Kier molecular flexibility index (Phi) is 23.3. The Morgan fingerprint density at radius 3 is 1.32 bits per heavy atom. The summed E-state index contributed by atoms with van der Waals surface area (Å²) < 4.78 is 14.1. The normalized spacial score (nSPS) is 17.6. The first-order valence-electron chi connectivity index (χ1n) is 17.8. The van der Waals surface area contributed by atoms with Gasteiger partial charge in [0.15, 0.2) is 5.79 Å². The summed E-state index contributed by atoms with van der Waals surface area (Å²) in [7, 11) is 6.77. The summed E-state index contributed by atoms with van der Waals surface area (Å²) >= 11 is 0. The highest BCUT2D eigenvalue weighted by Crippen LogP contribution is 2.35. The van der Waals surface area contributed by atoms with Gasteiger partial charge in [-0.1, -0.05) is 115 Å². The monoisotopic (exact) mass is 563 g/mol. The molecule has 1 unspecified atom stereocenters. The predicted octanol–water partition coefficient (Wildman–Crippen LogP) is 11.3. The molecule has 0 aromatic heterocycles. The molecule has 0 amide bonds. The second-order valence-electron chi connectivity index (χ2n) is 13.7. The van der Waals surface area contributed by atoms with E-state index in [4.69, 9.17) is 9.47 Å². The molecular formula is C37H72NO2+. The molecule has 1 atom stereocenters. The molecular weight excluding hydrogens is 490 g/mol. The third-order valence-electron chi connectivity index (χ3n) is 8.30. The minimum absolute atomic E-state index is 0.241. The van der Waals surface area contributed by atoms with Crippen LogP contribution in [0, 0.1) is 0 Å². The van der Waals surface area contributed by atoms with E-state index in [-0.39, 0.29) is 11.9 Å². The summed E-state index contributed by atoms with van der Waals surface area (Å²) in [6, 6.07) is 0. The summed E-state index contributed by atoms with van der Waals surface area (Å²) in [6.45, 7) is 6.36. The van der Waals surface area contributed by atoms with E-state index < -0.39 is 0 Å². The molecule has 0 aliphatic carbocycles. The number of hydrogen-bond acceptors (Lipinski definition) is 2. The smallest absolute Gasteiger partial charge is 0.169 e. The first-order valence-corrected chi connectivity index (χ1v) is 17.8. The molecule has 1 aliphatic rings. The van der Waals surface area contributed by atoms with Gasteiger partial charge in [0, 0.05) is 12.8 Å². The lowest BCUT2D eigenvalue weighted by molar-refractivity contribution is -0.873. The molecule has 3 heteroatoms. The summed E-state index contributed by atoms with van der Waals surface area (Å²) in [4.78, 5) is 0. The van der Waals surface area contributed by atoms with Crippen molar-refractivity contribution in [1.82, 2.24) is 0 Å². The van der Waals surface area contributed by atoms with Gasteiger partial charge in [-0.3, -0.25) is 0 Å². The standard InChI is InChI=1S/C37H72NO2/c1-6-8-10-12-14-16-18-20-22-24-26-28-30-32-37(39-35-36(40-37)34-38(3,4)5)33-31-29-27-25-23-21-19-17-15-13-11-9-7-2/h14-17,36H,6-13,18-35H2,1-5H3/q+1/b16-14-,17-15-. The Bertz CT molecular complexity index is 570. The Hall–Kier alpha value is -0.640. The maximum Gasteiger partial charge on any atom is 0.169 e. The van der Waals surface area contributed by atoms with Crippen molar-refractivity contribution in [2.75, 3.05) is 34.3 Å². The highest BCUT2D eigenvalue weighted by atomic mass is 16.7. The molecule has 236 valence electrons. The van der Waals surface area contributed by atoms with E-state index in [1.54, 1.807) is 0 Å². The number of nitrogens with zero attached hydrogens (tertiary/aromatic N) is 1. The number of ether oxygens (including phenoxy) is 2. The molecule has 0 aromatic rings. The molecule has 0 N–H and O–H groups in total. The molecule has 0 saturated carbocycles. The first kappa shape index (κ1) is 37.4. The van der Waals surface area contributed by atoms with Crippen LogP contribution in [0.2, 0.25) is 0 Å². The van der Waals surface area contributed by atoms with Gasteiger partial charge in [0.25, 0.3) is 0 Å². The zero-order valence-corrected chi connectivity index (χ0v) is 28.0. The van der Waals surface area contributed by atoms with Crippen molar-refractivity contribution >= 4 is 0 Å². The topological polar surface area (TPSA) is 18.5 Å². The van der Waals surface area contributed by atoms with Crippen molar-refractivity contribution in [2.24, 2.45) is 0 Å². The van der Waals surface area contributed by atoms with Gasteiger partial charge in [0.2, 0.25) is 0 Å². The van der Waals surface area contributed by atoms with E-state index >= 15 is 0 Å². The average molecular weight is 563 g/mol. The zero-order valence-electron chi connectivity index (χ0n) is 28.0. The van der Waals surface area contributed by atoms with Crippen molar-refractivity contribution in [3.8, 4) is 0 Å². The zero-order chi connectivity index (χ0) is 29.2. The predicted molar refractivity (Wildman–Crippen MR) is 177 cm³/mol. The highest BCUT2D eigenvalue weighted by molar-refractivity contribution is 4.82. The van der Waals surface area contributed by atoms with Crippen LogP contribution in [0.5, 0.6) is 0 Å². The summed E-state index contributed by atoms with van der Waals surface area (Å²) in [6.07, 6.45) is 41.2. The molecule has 1 aliphatic heterocycles. The first-order chi connectivity index (χ1) is 19.4. The number of likely N-dealkylation sites (N-methyl/N-ethyl adjacent to an activating group) is 1. The molecule has 40 heavy (non-hydrogen) atoms. The lowest BCUT2D eigenvalue weighted by atomic mass is 9.98. The average Bonchev–Trinajstić information content (AvgIpc) is 3.30. The molecule has 0 spiro atoms. The molecule has 1 fully saturated rings. The van der Waals surface area contributed by atoms with Crippen LogP contribution in [0.3, 0.4) is 0 Å². The van der Waals surface area contributed by atoms with Crippen LogP contribution in [0.25, 0.3) is 0 Å². The van der Waals surface area contributed by atoms with Gasteiger partial charge in [-0.05, 0) is 64.2 Å². The molecule has 1 heterocycles.